The quantitative estimate of drug-likeness (QED) is 0.832. The zero-order valence-electron chi connectivity index (χ0n) is 13.4. The van der Waals surface area contributed by atoms with Crippen molar-refractivity contribution in [3.8, 4) is 0 Å². The van der Waals surface area contributed by atoms with Gasteiger partial charge < -0.3 is 10.6 Å². The number of nitrogens with two attached hydrogens (primary N) is 1. The van der Waals surface area contributed by atoms with E-state index in [0.717, 1.165) is 12.6 Å². The Morgan fingerprint density at radius 1 is 1.20 bits per heavy atom. The second-order valence-electron chi connectivity index (χ2n) is 7.25. The smallest absolute Gasteiger partial charge is 0.0474 e. The minimum atomic E-state index is 0.258. The lowest BCUT2D eigenvalue weighted by Gasteiger charge is -2.45. The first-order valence-electron chi connectivity index (χ1n) is 8.58. The second-order valence-corrected chi connectivity index (χ2v) is 7.25. The van der Waals surface area contributed by atoms with Crippen LogP contribution in [-0.2, 0) is 0 Å². The van der Waals surface area contributed by atoms with Crippen molar-refractivity contribution in [1.82, 2.24) is 14.7 Å². The van der Waals surface area contributed by atoms with Crippen molar-refractivity contribution < 1.29 is 0 Å². The van der Waals surface area contributed by atoms with E-state index in [1.165, 1.54) is 64.8 Å². The third kappa shape index (κ3) is 2.76. The number of nitrogens with zero attached hydrogens (tertiary/aromatic N) is 3. The van der Waals surface area contributed by atoms with Crippen LogP contribution < -0.4 is 5.73 Å². The number of rotatable bonds is 4. The predicted molar refractivity (Wildman–Crippen MR) is 83.9 cm³/mol. The van der Waals surface area contributed by atoms with Gasteiger partial charge in [-0.15, -0.1) is 0 Å². The molecule has 0 radical (unpaired) electrons. The van der Waals surface area contributed by atoms with E-state index in [1.54, 1.807) is 0 Å². The summed E-state index contributed by atoms with van der Waals surface area (Å²) in [5, 5.41) is 0. The molecule has 1 saturated carbocycles. The Kier molecular flexibility index (Phi) is 4.37. The van der Waals surface area contributed by atoms with Gasteiger partial charge in [-0.2, -0.15) is 0 Å². The van der Waals surface area contributed by atoms with Gasteiger partial charge in [0.1, 0.15) is 0 Å². The normalized spacial score (nSPS) is 38.2. The minimum absolute atomic E-state index is 0.258. The second kappa shape index (κ2) is 5.91. The summed E-state index contributed by atoms with van der Waals surface area (Å²) >= 11 is 0. The van der Waals surface area contributed by atoms with E-state index in [-0.39, 0.29) is 5.54 Å². The van der Waals surface area contributed by atoms with Crippen molar-refractivity contribution in [2.45, 2.75) is 56.7 Å². The highest BCUT2D eigenvalue weighted by Crippen LogP contribution is 2.37. The van der Waals surface area contributed by atoms with Crippen LogP contribution in [0.3, 0.4) is 0 Å². The van der Waals surface area contributed by atoms with Crippen molar-refractivity contribution in [2.75, 3.05) is 46.3 Å². The largest absolute Gasteiger partial charge is 0.329 e. The molecule has 3 fully saturated rings. The van der Waals surface area contributed by atoms with Crippen LogP contribution in [0, 0.1) is 0 Å². The van der Waals surface area contributed by atoms with Crippen LogP contribution in [0.2, 0.25) is 0 Å². The molecule has 0 bridgehead atoms. The predicted octanol–water partition coefficient (Wildman–Crippen LogP) is 0.968. The summed E-state index contributed by atoms with van der Waals surface area (Å²) in [6.07, 6.45) is 6.65. The zero-order chi connectivity index (χ0) is 14.2. The fourth-order valence-electron chi connectivity index (χ4n) is 4.37. The number of likely N-dealkylation sites (tertiary alicyclic amines) is 1. The third-order valence-electron chi connectivity index (χ3n) is 5.79. The molecule has 2 heterocycles. The first-order chi connectivity index (χ1) is 9.68. The van der Waals surface area contributed by atoms with Gasteiger partial charge in [-0.1, -0.05) is 6.92 Å². The van der Waals surface area contributed by atoms with Gasteiger partial charge in [0.2, 0.25) is 0 Å². The van der Waals surface area contributed by atoms with Crippen molar-refractivity contribution in [3.63, 3.8) is 0 Å². The zero-order valence-corrected chi connectivity index (χ0v) is 13.4. The highest BCUT2D eigenvalue weighted by molar-refractivity contribution is 5.05. The van der Waals surface area contributed by atoms with Gasteiger partial charge in [0, 0.05) is 50.3 Å². The van der Waals surface area contributed by atoms with E-state index in [4.69, 9.17) is 5.73 Å². The van der Waals surface area contributed by atoms with Crippen molar-refractivity contribution >= 4 is 0 Å². The van der Waals surface area contributed by atoms with Gasteiger partial charge in [0.05, 0.1) is 0 Å². The molecule has 0 aromatic heterocycles. The van der Waals surface area contributed by atoms with Crippen LogP contribution in [0.1, 0.15) is 39.0 Å². The summed E-state index contributed by atoms with van der Waals surface area (Å²) < 4.78 is 0. The first-order valence-corrected chi connectivity index (χ1v) is 8.58. The van der Waals surface area contributed by atoms with Crippen LogP contribution in [0.15, 0.2) is 0 Å². The molecule has 0 amide bonds. The topological polar surface area (TPSA) is 35.7 Å². The van der Waals surface area contributed by atoms with Gasteiger partial charge in [-0.25, -0.2) is 0 Å². The Balaban J connectivity index is 1.75. The molecule has 0 aromatic rings. The Bertz CT molecular complexity index is 330. The van der Waals surface area contributed by atoms with Crippen LogP contribution >= 0.6 is 0 Å². The summed E-state index contributed by atoms with van der Waals surface area (Å²) in [5.74, 6) is 0. The average Bonchev–Trinajstić information content (AvgIpc) is 3.24. The molecule has 3 aliphatic rings. The van der Waals surface area contributed by atoms with Gasteiger partial charge >= 0.3 is 0 Å². The molecule has 2 saturated heterocycles. The van der Waals surface area contributed by atoms with E-state index < -0.39 is 0 Å². The fourth-order valence-corrected chi connectivity index (χ4v) is 4.37. The summed E-state index contributed by atoms with van der Waals surface area (Å²) in [5.41, 5.74) is 6.56. The van der Waals surface area contributed by atoms with Crippen molar-refractivity contribution in [2.24, 2.45) is 5.73 Å². The lowest BCUT2D eigenvalue weighted by molar-refractivity contribution is 0.0515. The molecule has 4 heteroatoms. The van der Waals surface area contributed by atoms with Crippen LogP contribution in [-0.4, -0.2) is 78.6 Å². The molecule has 2 unspecified atom stereocenters. The van der Waals surface area contributed by atoms with Crippen LogP contribution in [0.25, 0.3) is 0 Å². The van der Waals surface area contributed by atoms with Crippen molar-refractivity contribution in [3.05, 3.63) is 0 Å². The molecule has 20 heavy (non-hydrogen) atoms. The lowest BCUT2D eigenvalue weighted by atomic mass is 9.93. The Labute approximate surface area is 124 Å². The summed E-state index contributed by atoms with van der Waals surface area (Å²) in [4.78, 5) is 8.03. The molecular weight excluding hydrogens is 248 g/mol. The highest BCUT2D eigenvalue weighted by Gasteiger charge is 2.47. The molecule has 1 aliphatic carbocycles. The Hall–Kier alpha value is -0.160. The van der Waals surface area contributed by atoms with E-state index >= 15 is 0 Å². The standard InChI is InChI=1S/C16H32N4/c1-3-14-11-18(2)8-4-9-20(14)16(12-17)7-10-19(13-16)15-5-6-15/h14-15H,3-13,17H2,1-2H3. The van der Waals surface area contributed by atoms with Gasteiger partial charge in [-0.3, -0.25) is 9.80 Å². The maximum absolute atomic E-state index is 6.30. The third-order valence-corrected chi connectivity index (χ3v) is 5.79. The molecule has 3 rings (SSSR count). The number of hydrogen-bond donors (Lipinski definition) is 1. The lowest BCUT2D eigenvalue weighted by Crippen LogP contribution is -2.60. The number of hydrogen-bond acceptors (Lipinski definition) is 4. The van der Waals surface area contributed by atoms with E-state index in [2.05, 4.69) is 28.7 Å². The minimum Gasteiger partial charge on any atom is -0.329 e. The van der Waals surface area contributed by atoms with Crippen molar-refractivity contribution in [1.29, 1.82) is 0 Å². The van der Waals surface area contributed by atoms with E-state index in [0.29, 0.717) is 6.04 Å². The van der Waals surface area contributed by atoms with Crippen LogP contribution in [0.4, 0.5) is 0 Å². The molecule has 2 atom stereocenters. The maximum Gasteiger partial charge on any atom is 0.0474 e. The van der Waals surface area contributed by atoms with Gasteiger partial charge in [0.25, 0.3) is 0 Å². The highest BCUT2D eigenvalue weighted by atomic mass is 15.3. The van der Waals surface area contributed by atoms with Gasteiger partial charge in [0.15, 0.2) is 0 Å². The molecule has 116 valence electrons. The SMILES string of the molecule is CCC1CN(C)CCCN1C1(CN)CCN(C2CC2)C1. The average molecular weight is 280 g/mol. The fraction of sp³-hybridized carbons (Fsp3) is 1.00. The van der Waals surface area contributed by atoms with Crippen LogP contribution in [0.5, 0.6) is 0 Å². The number of likely N-dealkylation sites (N-methyl/N-ethyl adjacent to an activating group) is 1. The van der Waals surface area contributed by atoms with Gasteiger partial charge in [-0.05, 0) is 45.7 Å². The Morgan fingerprint density at radius 2 is 2.00 bits per heavy atom. The summed E-state index contributed by atoms with van der Waals surface area (Å²) in [6, 6.07) is 1.57. The molecule has 2 N–H and O–H groups in total. The summed E-state index contributed by atoms with van der Waals surface area (Å²) in [6.45, 7) is 9.34. The molecule has 0 spiro atoms. The molecule has 2 aliphatic heterocycles. The summed E-state index contributed by atoms with van der Waals surface area (Å²) in [7, 11) is 2.27. The first kappa shape index (κ1) is 14.8. The Morgan fingerprint density at radius 3 is 2.65 bits per heavy atom. The van der Waals surface area contributed by atoms with E-state index in [9.17, 15) is 0 Å². The molecule has 0 aromatic carbocycles. The maximum atomic E-state index is 6.30. The molecule has 4 nitrogen and oxygen atoms in total. The molecular formula is C16H32N4. The van der Waals surface area contributed by atoms with E-state index in [1.807, 2.05) is 0 Å². The monoisotopic (exact) mass is 280 g/mol.